The molecule has 0 aromatic heterocycles. The Morgan fingerprint density at radius 3 is 2.73 bits per heavy atom. The van der Waals surface area contributed by atoms with Gasteiger partial charge in [0, 0.05) is 22.2 Å². The van der Waals surface area contributed by atoms with Crippen LogP contribution in [0.2, 0.25) is 10.0 Å². The minimum atomic E-state index is -0.210. The van der Waals surface area contributed by atoms with Gasteiger partial charge >= 0.3 is 0 Å². The highest BCUT2D eigenvalue weighted by atomic mass is 35.5. The van der Waals surface area contributed by atoms with E-state index < -0.39 is 0 Å². The van der Waals surface area contributed by atoms with E-state index in [9.17, 15) is 4.79 Å². The van der Waals surface area contributed by atoms with Gasteiger partial charge in [-0.05, 0) is 24.3 Å². The summed E-state index contributed by atoms with van der Waals surface area (Å²) in [5.41, 5.74) is 1.27. The van der Waals surface area contributed by atoms with Crippen molar-refractivity contribution in [1.29, 1.82) is 0 Å². The molecule has 0 fully saturated rings. The molecule has 2 aromatic rings. The van der Waals surface area contributed by atoms with E-state index in [4.69, 9.17) is 27.9 Å². The van der Waals surface area contributed by atoms with Crippen LogP contribution in [0, 0.1) is 0 Å². The first-order valence-electron chi connectivity index (χ1n) is 6.66. The van der Waals surface area contributed by atoms with Gasteiger partial charge in [-0.3, -0.25) is 4.79 Å². The summed E-state index contributed by atoms with van der Waals surface area (Å²) in [7, 11) is 0. The van der Waals surface area contributed by atoms with Crippen molar-refractivity contribution in [2.75, 3.05) is 6.54 Å². The van der Waals surface area contributed by atoms with Gasteiger partial charge in [0.2, 0.25) is 0 Å². The summed E-state index contributed by atoms with van der Waals surface area (Å²) in [4.78, 5) is 12.1. The summed E-state index contributed by atoms with van der Waals surface area (Å²) in [6.07, 6.45) is 1.62. The molecule has 0 saturated heterocycles. The number of hydrogen-bond donors (Lipinski definition) is 1. The molecule has 2 aromatic carbocycles. The van der Waals surface area contributed by atoms with Crippen molar-refractivity contribution in [3.05, 3.63) is 76.3 Å². The Hall–Kier alpha value is -1.97. The number of benzene rings is 2. The molecular formula is C17H15Cl2NO2. The largest absolute Gasteiger partial charge is 0.488 e. The molecule has 5 heteroatoms. The monoisotopic (exact) mass is 335 g/mol. The predicted octanol–water partition coefficient (Wildman–Crippen LogP) is 4.49. The van der Waals surface area contributed by atoms with Crippen molar-refractivity contribution < 1.29 is 9.53 Å². The second kappa shape index (κ2) is 7.87. The van der Waals surface area contributed by atoms with E-state index in [1.807, 2.05) is 6.07 Å². The fourth-order valence-electron chi connectivity index (χ4n) is 1.83. The van der Waals surface area contributed by atoms with Crippen LogP contribution >= 0.6 is 23.2 Å². The Morgan fingerprint density at radius 1 is 1.23 bits per heavy atom. The molecule has 0 atom stereocenters. The SMILES string of the molecule is C=CCNC(=O)c1ccccc1OCc1ccc(Cl)cc1Cl. The molecule has 0 unspecified atom stereocenters. The number of para-hydroxylation sites is 1. The van der Waals surface area contributed by atoms with Gasteiger partial charge < -0.3 is 10.1 Å². The molecule has 0 aliphatic heterocycles. The number of carbonyl (C=O) groups excluding carboxylic acids is 1. The molecule has 0 saturated carbocycles. The minimum absolute atomic E-state index is 0.210. The van der Waals surface area contributed by atoms with E-state index in [1.54, 1.807) is 42.5 Å². The maximum absolute atomic E-state index is 12.1. The van der Waals surface area contributed by atoms with Gasteiger partial charge in [0.1, 0.15) is 12.4 Å². The lowest BCUT2D eigenvalue weighted by atomic mass is 10.2. The van der Waals surface area contributed by atoms with Crippen molar-refractivity contribution >= 4 is 29.1 Å². The topological polar surface area (TPSA) is 38.3 Å². The average Bonchev–Trinajstić information content (AvgIpc) is 2.52. The van der Waals surface area contributed by atoms with E-state index in [2.05, 4.69) is 11.9 Å². The number of hydrogen-bond acceptors (Lipinski definition) is 2. The molecule has 114 valence electrons. The third-order valence-electron chi connectivity index (χ3n) is 2.94. The Morgan fingerprint density at radius 2 is 2.00 bits per heavy atom. The quantitative estimate of drug-likeness (QED) is 0.790. The summed E-state index contributed by atoms with van der Waals surface area (Å²) >= 11 is 12.0. The van der Waals surface area contributed by atoms with Crippen LogP contribution in [-0.2, 0) is 6.61 Å². The lowest BCUT2D eigenvalue weighted by molar-refractivity contribution is 0.0953. The third kappa shape index (κ3) is 4.26. The maximum atomic E-state index is 12.1. The van der Waals surface area contributed by atoms with Crippen molar-refractivity contribution in [2.24, 2.45) is 0 Å². The third-order valence-corrected chi connectivity index (χ3v) is 3.52. The van der Waals surface area contributed by atoms with Gasteiger partial charge in [0.15, 0.2) is 0 Å². The molecule has 22 heavy (non-hydrogen) atoms. The molecule has 1 N–H and O–H groups in total. The lowest BCUT2D eigenvalue weighted by Gasteiger charge is -2.12. The fourth-order valence-corrected chi connectivity index (χ4v) is 2.30. The van der Waals surface area contributed by atoms with Crippen LogP contribution in [0.25, 0.3) is 0 Å². The Bertz CT molecular complexity index is 686. The zero-order valence-electron chi connectivity index (χ0n) is 11.8. The van der Waals surface area contributed by atoms with Gasteiger partial charge in [0.05, 0.1) is 5.56 Å². The van der Waals surface area contributed by atoms with Crippen molar-refractivity contribution in [3.8, 4) is 5.75 Å². The molecule has 0 aliphatic rings. The summed E-state index contributed by atoms with van der Waals surface area (Å²) in [6, 6.07) is 12.2. The standard InChI is InChI=1S/C17H15Cl2NO2/c1-2-9-20-17(21)14-5-3-4-6-16(14)22-11-12-7-8-13(18)10-15(12)19/h2-8,10H,1,9,11H2,(H,20,21). The van der Waals surface area contributed by atoms with Crippen LogP contribution in [0.4, 0.5) is 0 Å². The van der Waals surface area contributed by atoms with E-state index >= 15 is 0 Å². The van der Waals surface area contributed by atoms with Gasteiger partial charge in [-0.1, -0.05) is 47.5 Å². The molecule has 0 heterocycles. The molecule has 3 nitrogen and oxygen atoms in total. The van der Waals surface area contributed by atoms with E-state index in [1.165, 1.54) is 0 Å². The highest BCUT2D eigenvalue weighted by Crippen LogP contribution is 2.24. The van der Waals surface area contributed by atoms with Crippen molar-refractivity contribution in [1.82, 2.24) is 5.32 Å². The van der Waals surface area contributed by atoms with Crippen LogP contribution in [0.5, 0.6) is 5.75 Å². The van der Waals surface area contributed by atoms with Crippen molar-refractivity contribution in [2.45, 2.75) is 6.61 Å². The van der Waals surface area contributed by atoms with Crippen LogP contribution in [0.1, 0.15) is 15.9 Å². The highest BCUT2D eigenvalue weighted by Gasteiger charge is 2.12. The highest BCUT2D eigenvalue weighted by molar-refractivity contribution is 6.35. The summed E-state index contributed by atoms with van der Waals surface area (Å²) < 4.78 is 5.73. The molecule has 1 amide bonds. The zero-order valence-corrected chi connectivity index (χ0v) is 13.3. The van der Waals surface area contributed by atoms with Gasteiger partial charge in [-0.25, -0.2) is 0 Å². The normalized spacial score (nSPS) is 10.1. The number of carbonyl (C=O) groups is 1. The molecule has 0 radical (unpaired) electrons. The number of rotatable bonds is 6. The fraction of sp³-hybridized carbons (Fsp3) is 0.118. The molecule has 0 spiro atoms. The average molecular weight is 336 g/mol. The molecule has 0 bridgehead atoms. The Balaban J connectivity index is 2.12. The van der Waals surface area contributed by atoms with Crippen LogP contribution in [0.3, 0.4) is 0 Å². The zero-order chi connectivity index (χ0) is 15.9. The van der Waals surface area contributed by atoms with E-state index in [0.29, 0.717) is 27.9 Å². The summed E-state index contributed by atoms with van der Waals surface area (Å²) in [5.74, 6) is 0.285. The van der Waals surface area contributed by atoms with Gasteiger partial charge in [0.25, 0.3) is 5.91 Å². The smallest absolute Gasteiger partial charge is 0.255 e. The van der Waals surface area contributed by atoms with Crippen LogP contribution in [0.15, 0.2) is 55.1 Å². The van der Waals surface area contributed by atoms with Crippen molar-refractivity contribution in [3.63, 3.8) is 0 Å². The van der Waals surface area contributed by atoms with Crippen LogP contribution < -0.4 is 10.1 Å². The van der Waals surface area contributed by atoms with Crippen LogP contribution in [-0.4, -0.2) is 12.5 Å². The predicted molar refractivity (Wildman–Crippen MR) is 89.8 cm³/mol. The van der Waals surface area contributed by atoms with E-state index in [0.717, 1.165) is 5.56 Å². The number of amides is 1. The molecular weight excluding hydrogens is 321 g/mol. The number of ether oxygens (including phenoxy) is 1. The first kappa shape index (κ1) is 16.4. The summed E-state index contributed by atoms with van der Waals surface area (Å²) in [5, 5.41) is 3.82. The van der Waals surface area contributed by atoms with Gasteiger partial charge in [-0.15, -0.1) is 6.58 Å². The maximum Gasteiger partial charge on any atom is 0.255 e. The molecule has 0 aliphatic carbocycles. The minimum Gasteiger partial charge on any atom is -0.488 e. The Labute approximate surface area is 139 Å². The summed E-state index contributed by atoms with van der Waals surface area (Å²) in [6.45, 7) is 4.22. The molecule has 2 rings (SSSR count). The van der Waals surface area contributed by atoms with Gasteiger partial charge in [-0.2, -0.15) is 0 Å². The number of halogens is 2. The Kier molecular flexibility index (Phi) is 5.87. The first-order valence-corrected chi connectivity index (χ1v) is 7.42. The lowest BCUT2D eigenvalue weighted by Crippen LogP contribution is -2.23. The first-order chi connectivity index (χ1) is 10.6. The second-order valence-corrected chi connectivity index (χ2v) is 5.36. The second-order valence-electron chi connectivity index (χ2n) is 4.52. The van der Waals surface area contributed by atoms with E-state index in [-0.39, 0.29) is 12.5 Å². The number of nitrogens with one attached hydrogen (secondary N) is 1.